The van der Waals surface area contributed by atoms with E-state index in [-0.39, 0.29) is 5.82 Å². The molecule has 1 aliphatic carbocycles. The second kappa shape index (κ2) is 11.2. The maximum absolute atomic E-state index is 13.2. The molecule has 1 saturated carbocycles. The first-order valence-electron chi connectivity index (χ1n) is 12.5. The first-order valence-corrected chi connectivity index (χ1v) is 12.9. The van der Waals surface area contributed by atoms with E-state index in [0.717, 1.165) is 46.5 Å². The number of nitrogens with one attached hydrogen (secondary N) is 1. The van der Waals surface area contributed by atoms with Gasteiger partial charge in [0.1, 0.15) is 11.6 Å². The molecule has 0 bridgehead atoms. The van der Waals surface area contributed by atoms with Crippen LogP contribution in [0, 0.1) is 17.7 Å². The van der Waals surface area contributed by atoms with Gasteiger partial charge in [0.05, 0.1) is 5.52 Å². The third-order valence-corrected chi connectivity index (χ3v) is 7.21. The van der Waals surface area contributed by atoms with Crippen molar-refractivity contribution in [3.63, 3.8) is 0 Å². The number of benzene rings is 3. The zero-order valence-corrected chi connectivity index (χ0v) is 20.9. The molecular weight excluding hydrogens is 471 g/mol. The lowest BCUT2D eigenvalue weighted by molar-refractivity contribution is 0.281. The molecule has 0 aliphatic heterocycles. The van der Waals surface area contributed by atoms with Crippen molar-refractivity contribution in [1.29, 1.82) is 0 Å². The number of aromatic nitrogens is 2. The molecule has 0 radical (unpaired) electrons. The minimum Gasteiger partial charge on any atom is -0.369 e. The number of halogens is 2. The smallest absolute Gasteiger partial charge is 0.154 e. The van der Waals surface area contributed by atoms with Crippen LogP contribution in [0.25, 0.3) is 34.2 Å². The van der Waals surface area contributed by atoms with Gasteiger partial charge in [0, 0.05) is 17.0 Å². The number of hydrogen-bond donors (Lipinski definition) is 2. The number of nitrogens with two attached hydrogens (primary N) is 1. The van der Waals surface area contributed by atoms with E-state index in [1.54, 1.807) is 12.1 Å². The second-order valence-electron chi connectivity index (χ2n) is 9.57. The summed E-state index contributed by atoms with van der Waals surface area (Å²) in [5.74, 6) is 2.45. The van der Waals surface area contributed by atoms with Crippen molar-refractivity contribution < 1.29 is 4.39 Å². The Hall–Kier alpha value is -3.28. The Morgan fingerprint density at radius 3 is 2.39 bits per heavy atom. The molecule has 184 valence electrons. The predicted octanol–water partition coefficient (Wildman–Crippen LogP) is 7.44. The van der Waals surface area contributed by atoms with E-state index in [2.05, 4.69) is 5.32 Å². The molecule has 3 N–H and O–H groups in total. The van der Waals surface area contributed by atoms with Crippen LogP contribution < -0.4 is 11.1 Å². The van der Waals surface area contributed by atoms with Gasteiger partial charge in [-0.15, -0.1) is 0 Å². The van der Waals surface area contributed by atoms with Gasteiger partial charge in [-0.3, -0.25) is 0 Å². The highest BCUT2D eigenvalue weighted by Gasteiger charge is 2.21. The van der Waals surface area contributed by atoms with E-state index in [0.29, 0.717) is 22.7 Å². The van der Waals surface area contributed by atoms with Crippen molar-refractivity contribution in [3.8, 4) is 11.1 Å². The molecule has 2 atom stereocenters. The fourth-order valence-corrected chi connectivity index (χ4v) is 5.14. The molecule has 3 aromatic carbocycles. The Balaban J connectivity index is 1.35. The zero-order chi connectivity index (χ0) is 24.9. The van der Waals surface area contributed by atoms with E-state index in [1.807, 2.05) is 54.6 Å². The summed E-state index contributed by atoms with van der Waals surface area (Å²) < 4.78 is 13.2. The van der Waals surface area contributed by atoms with Crippen molar-refractivity contribution >= 4 is 40.5 Å². The van der Waals surface area contributed by atoms with Gasteiger partial charge in [-0.1, -0.05) is 60.5 Å². The topological polar surface area (TPSA) is 63.8 Å². The van der Waals surface area contributed by atoms with Crippen molar-refractivity contribution in [2.45, 2.75) is 25.7 Å². The lowest BCUT2D eigenvalue weighted by atomic mass is 9.81. The van der Waals surface area contributed by atoms with Crippen molar-refractivity contribution in [2.24, 2.45) is 17.6 Å². The van der Waals surface area contributed by atoms with Gasteiger partial charge in [-0.05, 0) is 90.7 Å². The first-order chi connectivity index (χ1) is 17.6. The van der Waals surface area contributed by atoms with E-state index in [1.165, 1.54) is 37.8 Å². The molecule has 4 nitrogen and oxygen atoms in total. The lowest BCUT2D eigenvalue weighted by Gasteiger charge is -2.28. The van der Waals surface area contributed by atoms with Gasteiger partial charge in [0.2, 0.25) is 0 Å². The van der Waals surface area contributed by atoms with Crippen LogP contribution in [0.4, 0.5) is 10.2 Å². The first kappa shape index (κ1) is 24.4. The highest BCUT2D eigenvalue weighted by molar-refractivity contribution is 6.31. The van der Waals surface area contributed by atoms with Gasteiger partial charge >= 0.3 is 0 Å². The Morgan fingerprint density at radius 1 is 0.917 bits per heavy atom. The summed E-state index contributed by atoms with van der Waals surface area (Å²) in [4.78, 5) is 9.56. The molecule has 4 aromatic rings. The molecule has 0 saturated heterocycles. The number of anilines is 1. The third kappa shape index (κ3) is 5.92. The maximum Gasteiger partial charge on any atom is 0.154 e. The highest BCUT2D eigenvalue weighted by Crippen LogP contribution is 2.30. The number of fused-ring (bicyclic) bond motifs is 1. The molecule has 0 amide bonds. The molecule has 1 aromatic heterocycles. The second-order valence-corrected chi connectivity index (χ2v) is 10.0. The lowest BCUT2D eigenvalue weighted by Crippen LogP contribution is -2.26. The maximum atomic E-state index is 13.2. The van der Waals surface area contributed by atoms with Crippen LogP contribution in [-0.2, 0) is 0 Å². The molecular formula is C30H30ClFN4. The monoisotopic (exact) mass is 500 g/mol. The zero-order valence-electron chi connectivity index (χ0n) is 20.1. The summed E-state index contributed by atoms with van der Waals surface area (Å²) in [5, 5.41) is 5.21. The molecule has 0 spiro atoms. The van der Waals surface area contributed by atoms with Crippen molar-refractivity contribution in [2.75, 3.05) is 18.4 Å². The third-order valence-electron chi connectivity index (χ3n) is 6.97. The quantitative estimate of drug-likeness (QED) is 0.277. The minimum atomic E-state index is -0.234. The summed E-state index contributed by atoms with van der Waals surface area (Å²) >= 11 is 6.27. The summed E-state index contributed by atoms with van der Waals surface area (Å²) in [6.07, 6.45) is 8.78. The van der Waals surface area contributed by atoms with Gasteiger partial charge in [0.15, 0.2) is 5.82 Å². The van der Waals surface area contributed by atoms with Crippen LogP contribution in [0.1, 0.15) is 37.1 Å². The van der Waals surface area contributed by atoms with Crippen LogP contribution in [0.2, 0.25) is 5.02 Å². The molecule has 1 heterocycles. The highest BCUT2D eigenvalue weighted by atomic mass is 35.5. The number of rotatable bonds is 7. The van der Waals surface area contributed by atoms with E-state index in [4.69, 9.17) is 27.3 Å². The van der Waals surface area contributed by atoms with Crippen LogP contribution >= 0.6 is 11.6 Å². The fraction of sp³-hybridized carbons (Fsp3) is 0.267. The standard InChI is InChI=1S/C30H30ClFN4/c31-25-11-14-27-28(17-25)35-29(36-30(27)34-19-22-3-1-2-21(16-22)18-33)15-6-20-4-7-23(8-5-20)24-9-12-26(32)13-10-24/h4-15,17,21-22H,1-3,16,18-19,33H2,(H,34,35,36). The van der Waals surface area contributed by atoms with Gasteiger partial charge in [-0.25, -0.2) is 14.4 Å². The molecule has 1 aliphatic rings. The molecule has 2 unspecified atom stereocenters. The van der Waals surface area contributed by atoms with E-state index in [9.17, 15) is 4.39 Å². The SMILES string of the molecule is NCC1CCCC(CNc2nc(C=Cc3ccc(-c4ccc(F)cc4)cc3)nc3cc(Cl)ccc23)C1. The Morgan fingerprint density at radius 2 is 1.64 bits per heavy atom. The normalized spacial score (nSPS) is 18.1. The summed E-state index contributed by atoms with van der Waals surface area (Å²) in [6, 6.07) is 20.4. The average molecular weight is 501 g/mol. The minimum absolute atomic E-state index is 0.234. The Kier molecular flexibility index (Phi) is 7.59. The fourth-order valence-electron chi connectivity index (χ4n) is 4.97. The van der Waals surface area contributed by atoms with Gasteiger partial charge in [0.25, 0.3) is 0 Å². The molecule has 36 heavy (non-hydrogen) atoms. The van der Waals surface area contributed by atoms with Gasteiger partial charge < -0.3 is 11.1 Å². The number of nitrogens with zero attached hydrogens (tertiary/aromatic N) is 2. The van der Waals surface area contributed by atoms with E-state index >= 15 is 0 Å². The number of hydrogen-bond acceptors (Lipinski definition) is 4. The Labute approximate surface area is 216 Å². The van der Waals surface area contributed by atoms with Crippen molar-refractivity contribution in [3.05, 3.63) is 89.0 Å². The van der Waals surface area contributed by atoms with Crippen LogP contribution in [0.5, 0.6) is 0 Å². The predicted molar refractivity (Wildman–Crippen MR) is 148 cm³/mol. The van der Waals surface area contributed by atoms with Crippen LogP contribution in [0.3, 0.4) is 0 Å². The molecule has 1 fully saturated rings. The molecule has 5 rings (SSSR count). The average Bonchev–Trinajstić information content (AvgIpc) is 2.91. The molecule has 6 heteroatoms. The van der Waals surface area contributed by atoms with Crippen LogP contribution in [-0.4, -0.2) is 23.1 Å². The Bertz CT molecular complexity index is 1350. The van der Waals surface area contributed by atoms with Gasteiger partial charge in [-0.2, -0.15) is 0 Å². The van der Waals surface area contributed by atoms with E-state index < -0.39 is 0 Å². The van der Waals surface area contributed by atoms with Crippen LogP contribution in [0.15, 0.2) is 66.7 Å². The summed E-state index contributed by atoms with van der Waals surface area (Å²) in [6.45, 7) is 1.64. The van der Waals surface area contributed by atoms with Crippen molar-refractivity contribution in [1.82, 2.24) is 9.97 Å². The summed E-state index contributed by atoms with van der Waals surface area (Å²) in [7, 11) is 0. The summed E-state index contributed by atoms with van der Waals surface area (Å²) in [5.41, 5.74) is 9.79. The largest absolute Gasteiger partial charge is 0.369 e.